The van der Waals surface area contributed by atoms with Crippen molar-refractivity contribution in [2.75, 3.05) is 5.32 Å². The molecule has 4 aliphatic carbocycles. The van der Waals surface area contributed by atoms with E-state index in [0.717, 1.165) is 25.2 Å². The van der Waals surface area contributed by atoms with Gasteiger partial charge in [0, 0.05) is 27.9 Å². The lowest BCUT2D eigenvalue weighted by Gasteiger charge is -2.46. The molecule has 4 fully saturated rings. The fraction of sp³-hybridized carbons (Fsp3) is 0.387. The average Bonchev–Trinajstić information content (AvgIpc) is 3.70. The van der Waals surface area contributed by atoms with Crippen LogP contribution in [0.4, 0.5) is 10.1 Å². The summed E-state index contributed by atoms with van der Waals surface area (Å²) in [5.41, 5.74) is 2.33. The number of aryl methyl sites for hydroxylation is 1. The van der Waals surface area contributed by atoms with E-state index in [0.29, 0.717) is 50.3 Å². The molecule has 4 aliphatic rings. The number of benzene rings is 2. The maximum atomic E-state index is 15.3. The van der Waals surface area contributed by atoms with Crippen LogP contribution in [0.1, 0.15) is 55.7 Å². The van der Waals surface area contributed by atoms with Crippen molar-refractivity contribution in [3.63, 3.8) is 0 Å². The number of ether oxygens (including phenoxy) is 1. The molecule has 0 radical (unpaired) electrons. The van der Waals surface area contributed by atoms with Crippen LogP contribution in [-0.2, 0) is 20.9 Å². The van der Waals surface area contributed by atoms with Crippen molar-refractivity contribution in [2.45, 2.75) is 68.1 Å². The first-order valence-corrected chi connectivity index (χ1v) is 15.8. The summed E-state index contributed by atoms with van der Waals surface area (Å²) in [7, 11) is -2.91. The second kappa shape index (κ2) is 9.94. The zero-order valence-corrected chi connectivity index (χ0v) is 23.6. The molecule has 212 valence electrons. The fourth-order valence-corrected chi connectivity index (χ4v) is 8.16. The fourth-order valence-electron chi connectivity index (χ4n) is 6.42. The largest absolute Gasteiger partial charge is 0.453 e. The van der Waals surface area contributed by atoms with Gasteiger partial charge in [-0.05, 0) is 98.7 Å². The van der Waals surface area contributed by atoms with Crippen LogP contribution in [0.25, 0.3) is 10.9 Å². The van der Waals surface area contributed by atoms with E-state index in [1.165, 1.54) is 25.3 Å². The Balaban J connectivity index is 1.06. The van der Waals surface area contributed by atoms with Crippen molar-refractivity contribution >= 4 is 32.2 Å². The standard InChI is InChI=1S/C31H32FN5O3S/c1-18-10-20(14-30(38)36-22-16-35-37(17-22)28-7-2-19-11-21(28)12-19)13-26(32)31(18)40-29-8-9-34-27-6-5-24(15-25(27)29)41(33,39)23-3-4-23/h5-6,8-10,13,15-17,19,21,23,28,33H,2-4,7,11-12,14H2,1H3,(H,36,38)/t19?,21?,28?,41-/m1/s1. The van der Waals surface area contributed by atoms with E-state index in [1.807, 2.05) is 10.9 Å². The van der Waals surface area contributed by atoms with E-state index in [4.69, 9.17) is 9.52 Å². The van der Waals surface area contributed by atoms with Crippen molar-refractivity contribution < 1.29 is 18.1 Å². The van der Waals surface area contributed by atoms with Crippen LogP contribution in [0.2, 0.25) is 0 Å². The quantitative estimate of drug-likeness (QED) is 0.241. The van der Waals surface area contributed by atoms with Gasteiger partial charge in [0.2, 0.25) is 5.91 Å². The minimum Gasteiger partial charge on any atom is -0.453 e. The van der Waals surface area contributed by atoms with Gasteiger partial charge in [0.15, 0.2) is 11.6 Å². The number of rotatable bonds is 8. The van der Waals surface area contributed by atoms with Gasteiger partial charge in [-0.25, -0.2) is 13.4 Å². The molecule has 8 nitrogen and oxygen atoms in total. The Labute approximate surface area is 238 Å². The maximum Gasteiger partial charge on any atom is 0.228 e. The predicted molar refractivity (Wildman–Crippen MR) is 154 cm³/mol. The van der Waals surface area contributed by atoms with Crippen molar-refractivity contribution in [1.82, 2.24) is 14.8 Å². The molecule has 2 atom stereocenters. The van der Waals surface area contributed by atoms with E-state index in [-0.39, 0.29) is 23.3 Å². The third-order valence-corrected chi connectivity index (χ3v) is 11.2. The number of amides is 1. The van der Waals surface area contributed by atoms with E-state index < -0.39 is 15.5 Å². The number of anilines is 1. The smallest absolute Gasteiger partial charge is 0.228 e. The minimum absolute atomic E-state index is 0.0114. The summed E-state index contributed by atoms with van der Waals surface area (Å²) in [6.45, 7) is 1.73. The SMILES string of the molecule is Cc1cc(CC(=O)Nc2cnn(C3CCC4CC3C4)c2)cc(F)c1Oc1ccnc2ccc([S@](=N)(=O)C3CC3)cc12. The van der Waals surface area contributed by atoms with Crippen LogP contribution in [0.5, 0.6) is 11.5 Å². The molecular formula is C31H32FN5O3S. The van der Waals surface area contributed by atoms with Gasteiger partial charge in [-0.2, -0.15) is 5.10 Å². The van der Waals surface area contributed by atoms with Crippen molar-refractivity contribution in [3.8, 4) is 11.5 Å². The number of halogens is 1. The van der Waals surface area contributed by atoms with E-state index in [1.54, 1.807) is 49.6 Å². The van der Waals surface area contributed by atoms with Gasteiger partial charge in [-0.15, -0.1) is 0 Å². The molecule has 2 bridgehead atoms. The van der Waals surface area contributed by atoms with Gasteiger partial charge in [-0.3, -0.25) is 14.5 Å². The molecule has 1 unspecified atom stereocenters. The number of hydrogen-bond acceptors (Lipinski definition) is 6. The van der Waals surface area contributed by atoms with E-state index in [2.05, 4.69) is 15.4 Å². The highest BCUT2D eigenvalue weighted by Gasteiger charge is 2.41. The molecule has 2 aromatic carbocycles. The molecule has 2 heterocycles. The minimum atomic E-state index is -2.91. The Bertz CT molecular complexity index is 1750. The summed E-state index contributed by atoms with van der Waals surface area (Å²) < 4.78 is 44.8. The highest BCUT2D eigenvalue weighted by atomic mass is 32.2. The molecule has 10 heteroatoms. The van der Waals surface area contributed by atoms with Gasteiger partial charge in [0.05, 0.1) is 39.6 Å². The van der Waals surface area contributed by atoms with E-state index in [9.17, 15) is 9.00 Å². The van der Waals surface area contributed by atoms with Gasteiger partial charge in [0.1, 0.15) is 5.75 Å². The Morgan fingerprint density at radius 3 is 2.73 bits per heavy atom. The average molecular weight is 574 g/mol. The predicted octanol–water partition coefficient (Wildman–Crippen LogP) is 6.78. The lowest BCUT2D eigenvalue weighted by molar-refractivity contribution is -0.115. The molecule has 0 saturated heterocycles. The first kappa shape index (κ1) is 26.1. The first-order valence-electron chi connectivity index (χ1n) is 14.2. The van der Waals surface area contributed by atoms with E-state index >= 15 is 4.39 Å². The first-order chi connectivity index (χ1) is 19.7. The monoisotopic (exact) mass is 573 g/mol. The number of hydrogen-bond donors (Lipinski definition) is 2. The second-order valence-electron chi connectivity index (χ2n) is 11.8. The van der Waals surface area contributed by atoms with Crippen LogP contribution in [0.15, 0.2) is 59.9 Å². The summed E-state index contributed by atoms with van der Waals surface area (Å²) in [6.07, 6.45) is 11.7. The Kier molecular flexibility index (Phi) is 6.33. The van der Waals surface area contributed by atoms with Gasteiger partial charge in [-0.1, -0.05) is 6.07 Å². The second-order valence-corrected chi connectivity index (χ2v) is 14.1. The molecule has 4 saturated carbocycles. The van der Waals surface area contributed by atoms with Crippen LogP contribution in [-0.4, -0.2) is 30.1 Å². The summed E-state index contributed by atoms with van der Waals surface area (Å²) in [5, 5.41) is 7.85. The highest BCUT2D eigenvalue weighted by Crippen LogP contribution is 2.51. The Hall–Kier alpha value is -3.79. The summed E-state index contributed by atoms with van der Waals surface area (Å²) in [4.78, 5) is 17.6. The molecule has 2 N–H and O–H groups in total. The molecule has 8 rings (SSSR count). The number of nitrogens with zero attached hydrogens (tertiary/aromatic N) is 3. The normalized spacial score (nSPS) is 23.0. The van der Waals surface area contributed by atoms with Crippen LogP contribution < -0.4 is 10.1 Å². The van der Waals surface area contributed by atoms with Crippen LogP contribution in [0, 0.1) is 29.4 Å². The molecule has 0 aliphatic heterocycles. The number of pyridine rings is 1. The molecule has 1 amide bonds. The van der Waals surface area contributed by atoms with Gasteiger partial charge >= 0.3 is 0 Å². The molecule has 4 aromatic rings. The van der Waals surface area contributed by atoms with Crippen molar-refractivity contribution in [2.24, 2.45) is 11.8 Å². The zero-order chi connectivity index (χ0) is 28.3. The maximum absolute atomic E-state index is 15.3. The highest BCUT2D eigenvalue weighted by molar-refractivity contribution is 7.93. The summed E-state index contributed by atoms with van der Waals surface area (Å²) in [6, 6.07) is 10.2. The lowest BCUT2D eigenvalue weighted by Crippen LogP contribution is -2.37. The zero-order valence-electron chi connectivity index (χ0n) is 22.8. The Morgan fingerprint density at radius 1 is 1.17 bits per heavy atom. The molecular weight excluding hydrogens is 541 g/mol. The van der Waals surface area contributed by atoms with Gasteiger partial charge < -0.3 is 10.1 Å². The number of carbonyl (C=O) groups is 1. The third-order valence-electron chi connectivity index (χ3n) is 8.79. The summed E-state index contributed by atoms with van der Waals surface area (Å²) in [5.74, 6) is 1.17. The molecule has 0 spiro atoms. The number of fused-ring (bicyclic) bond motifs is 3. The third kappa shape index (κ3) is 4.98. The Morgan fingerprint density at radius 2 is 2.00 bits per heavy atom. The molecule has 41 heavy (non-hydrogen) atoms. The number of aromatic nitrogens is 3. The van der Waals surface area contributed by atoms with Crippen molar-refractivity contribution in [1.29, 1.82) is 4.78 Å². The topological polar surface area (TPSA) is 110 Å². The lowest BCUT2D eigenvalue weighted by atomic mass is 9.63. The summed E-state index contributed by atoms with van der Waals surface area (Å²) >= 11 is 0. The number of nitrogens with one attached hydrogen (secondary N) is 2. The van der Waals surface area contributed by atoms with Gasteiger partial charge in [0.25, 0.3) is 0 Å². The van der Waals surface area contributed by atoms with Crippen LogP contribution >= 0.6 is 0 Å². The molecule has 2 aromatic heterocycles. The van der Waals surface area contributed by atoms with Crippen molar-refractivity contribution in [3.05, 3.63) is 71.9 Å². The number of carbonyl (C=O) groups excluding carboxylic acids is 1. The van der Waals surface area contributed by atoms with Crippen LogP contribution in [0.3, 0.4) is 0 Å².